The van der Waals surface area contributed by atoms with Crippen LogP contribution in [0.4, 0.5) is 24.5 Å². The number of carbonyl (C=O) groups is 3. The van der Waals surface area contributed by atoms with E-state index in [1.807, 2.05) is 37.3 Å². The summed E-state index contributed by atoms with van der Waals surface area (Å²) in [4.78, 5) is 39.3. The van der Waals surface area contributed by atoms with E-state index < -0.39 is 23.8 Å². The number of nitrogens with zero attached hydrogens (tertiary/aromatic N) is 1. The van der Waals surface area contributed by atoms with Crippen molar-refractivity contribution in [3.05, 3.63) is 83.4 Å². The van der Waals surface area contributed by atoms with Crippen LogP contribution in [0.1, 0.15) is 47.7 Å². The highest BCUT2D eigenvalue weighted by Crippen LogP contribution is 2.33. The van der Waals surface area contributed by atoms with Gasteiger partial charge in [0.2, 0.25) is 5.91 Å². The summed E-state index contributed by atoms with van der Waals surface area (Å²) in [5.74, 6) is -0.780. The van der Waals surface area contributed by atoms with Crippen molar-refractivity contribution >= 4 is 29.2 Å². The number of anilines is 2. The molecule has 0 aliphatic carbocycles. The predicted octanol–water partition coefficient (Wildman–Crippen LogP) is 6.22. The van der Waals surface area contributed by atoms with E-state index in [0.29, 0.717) is 28.8 Å². The van der Waals surface area contributed by atoms with Crippen LogP contribution in [0.15, 0.2) is 66.7 Å². The van der Waals surface area contributed by atoms with Crippen LogP contribution in [0.25, 0.3) is 11.1 Å². The van der Waals surface area contributed by atoms with Crippen LogP contribution in [0, 0.1) is 12.8 Å². The SMILES string of the molecule is COC(=O)[C@@H](C)NC(=O)CC1CCN(c2ccc(NC(=O)c3cccc(C)c3-c3ccc(C(F)(F)F)cc3)cc2)CC1. The van der Waals surface area contributed by atoms with E-state index in [9.17, 15) is 27.6 Å². The lowest BCUT2D eigenvalue weighted by Gasteiger charge is -2.33. The number of piperidine rings is 1. The Kier molecular flexibility index (Phi) is 9.55. The number of alkyl halides is 3. The summed E-state index contributed by atoms with van der Waals surface area (Å²) in [7, 11) is 1.29. The van der Waals surface area contributed by atoms with Gasteiger partial charge in [-0.15, -0.1) is 0 Å². The van der Waals surface area contributed by atoms with Gasteiger partial charge in [0.15, 0.2) is 0 Å². The Labute approximate surface area is 243 Å². The molecule has 1 atom stereocenters. The molecule has 0 unspecified atom stereocenters. The van der Waals surface area contributed by atoms with Crippen molar-refractivity contribution in [3.8, 4) is 11.1 Å². The third-order valence-corrected chi connectivity index (χ3v) is 7.53. The van der Waals surface area contributed by atoms with Gasteiger partial charge >= 0.3 is 12.1 Å². The highest BCUT2D eigenvalue weighted by atomic mass is 19.4. The highest BCUT2D eigenvalue weighted by Gasteiger charge is 2.30. The summed E-state index contributed by atoms with van der Waals surface area (Å²) < 4.78 is 43.8. The van der Waals surface area contributed by atoms with E-state index >= 15 is 0 Å². The van der Waals surface area contributed by atoms with Gasteiger partial charge in [-0.25, -0.2) is 4.79 Å². The van der Waals surface area contributed by atoms with E-state index in [1.54, 1.807) is 19.1 Å². The summed E-state index contributed by atoms with van der Waals surface area (Å²) in [5.41, 5.74) is 3.09. The maximum absolute atomic E-state index is 13.3. The van der Waals surface area contributed by atoms with E-state index in [-0.39, 0.29) is 17.7 Å². The van der Waals surface area contributed by atoms with Gasteiger partial charge in [0.1, 0.15) is 6.04 Å². The Morgan fingerprint density at radius 2 is 1.62 bits per heavy atom. The average Bonchev–Trinajstić information content (AvgIpc) is 2.97. The zero-order valence-corrected chi connectivity index (χ0v) is 23.8. The van der Waals surface area contributed by atoms with Crippen molar-refractivity contribution in [2.75, 3.05) is 30.4 Å². The van der Waals surface area contributed by atoms with Crippen LogP contribution in [-0.2, 0) is 20.5 Å². The number of ether oxygens (including phenoxy) is 1. The normalized spacial score (nSPS) is 14.7. The number of esters is 1. The monoisotopic (exact) mass is 581 g/mol. The molecular formula is C32H34F3N3O4. The van der Waals surface area contributed by atoms with Gasteiger partial charge in [-0.3, -0.25) is 9.59 Å². The van der Waals surface area contributed by atoms with Crippen molar-refractivity contribution in [2.24, 2.45) is 5.92 Å². The second kappa shape index (κ2) is 13.1. The van der Waals surface area contributed by atoms with Crippen LogP contribution in [0.5, 0.6) is 0 Å². The molecule has 42 heavy (non-hydrogen) atoms. The fourth-order valence-corrected chi connectivity index (χ4v) is 5.21. The Morgan fingerprint density at radius 3 is 2.21 bits per heavy atom. The molecule has 1 aliphatic rings. The van der Waals surface area contributed by atoms with Crippen molar-refractivity contribution < 1.29 is 32.3 Å². The summed E-state index contributed by atoms with van der Waals surface area (Å²) in [6.45, 7) is 4.96. The first kappa shape index (κ1) is 30.6. The molecule has 2 N–H and O–H groups in total. The minimum Gasteiger partial charge on any atom is -0.467 e. The number of aryl methyl sites for hydroxylation is 1. The number of nitrogens with one attached hydrogen (secondary N) is 2. The quantitative estimate of drug-likeness (QED) is 0.309. The number of benzene rings is 3. The van der Waals surface area contributed by atoms with E-state index in [1.165, 1.54) is 19.2 Å². The van der Waals surface area contributed by atoms with Gasteiger partial charge in [0.25, 0.3) is 5.91 Å². The van der Waals surface area contributed by atoms with E-state index in [2.05, 4.69) is 20.3 Å². The van der Waals surface area contributed by atoms with Crippen LogP contribution in [0.3, 0.4) is 0 Å². The Morgan fingerprint density at radius 1 is 0.976 bits per heavy atom. The second-order valence-corrected chi connectivity index (χ2v) is 10.5. The number of hydrogen-bond donors (Lipinski definition) is 2. The molecule has 2 amide bonds. The first-order chi connectivity index (χ1) is 20.0. The maximum Gasteiger partial charge on any atom is 0.416 e. The number of hydrogen-bond acceptors (Lipinski definition) is 5. The number of methoxy groups -OCH3 is 1. The fraction of sp³-hybridized carbons (Fsp3) is 0.344. The molecule has 1 saturated heterocycles. The third kappa shape index (κ3) is 7.48. The topological polar surface area (TPSA) is 87.7 Å². The lowest BCUT2D eigenvalue weighted by molar-refractivity contribution is -0.144. The molecule has 1 aliphatic heterocycles. The Hall–Kier alpha value is -4.34. The number of halogens is 3. The zero-order valence-electron chi connectivity index (χ0n) is 23.8. The van der Waals surface area contributed by atoms with Crippen LogP contribution in [0.2, 0.25) is 0 Å². The molecule has 0 aromatic heterocycles. The molecule has 4 rings (SSSR count). The summed E-state index contributed by atoms with van der Waals surface area (Å²) in [6.07, 6.45) is -2.42. The molecule has 0 saturated carbocycles. The van der Waals surface area contributed by atoms with Gasteiger partial charge in [-0.1, -0.05) is 24.3 Å². The minimum absolute atomic E-state index is 0.165. The third-order valence-electron chi connectivity index (χ3n) is 7.53. The molecule has 0 radical (unpaired) electrons. The first-order valence-corrected chi connectivity index (χ1v) is 13.8. The molecule has 3 aromatic carbocycles. The second-order valence-electron chi connectivity index (χ2n) is 10.5. The van der Waals surface area contributed by atoms with E-state index in [4.69, 9.17) is 0 Å². The Bertz CT molecular complexity index is 1410. The fourth-order valence-electron chi connectivity index (χ4n) is 5.21. The molecule has 222 valence electrons. The van der Waals surface area contributed by atoms with Crippen molar-refractivity contribution in [3.63, 3.8) is 0 Å². The van der Waals surface area contributed by atoms with Crippen LogP contribution in [-0.4, -0.2) is 44.0 Å². The molecule has 1 fully saturated rings. The molecule has 10 heteroatoms. The summed E-state index contributed by atoms with van der Waals surface area (Å²) in [5, 5.41) is 5.58. The van der Waals surface area contributed by atoms with Crippen LogP contribution >= 0.6 is 0 Å². The highest BCUT2D eigenvalue weighted by molar-refractivity contribution is 6.09. The first-order valence-electron chi connectivity index (χ1n) is 13.8. The zero-order chi connectivity index (χ0) is 30.4. The average molecular weight is 582 g/mol. The standard InChI is InChI=1S/C32H34F3N3O4/c1-20-5-4-6-27(29(20)23-7-9-24(10-8-23)32(33,34)35)30(40)37-25-11-13-26(14-12-25)38-17-15-22(16-18-38)19-28(39)36-21(2)31(41)42-3/h4-14,21-22H,15-19H2,1-3H3,(H,36,39)(H,37,40)/t21-/m1/s1. The number of carbonyl (C=O) groups excluding carboxylic acids is 3. The summed E-state index contributed by atoms with van der Waals surface area (Å²) >= 11 is 0. The van der Waals surface area contributed by atoms with Crippen LogP contribution < -0.4 is 15.5 Å². The molecule has 0 bridgehead atoms. The lowest BCUT2D eigenvalue weighted by atomic mass is 9.92. The minimum atomic E-state index is -4.44. The van der Waals surface area contributed by atoms with Gasteiger partial charge < -0.3 is 20.3 Å². The molecular weight excluding hydrogens is 547 g/mol. The summed E-state index contributed by atoms with van der Waals surface area (Å²) in [6, 6.07) is 16.8. The lowest BCUT2D eigenvalue weighted by Crippen LogP contribution is -2.41. The van der Waals surface area contributed by atoms with Gasteiger partial charge in [-0.05, 0) is 91.8 Å². The van der Waals surface area contributed by atoms with Crippen molar-refractivity contribution in [2.45, 2.75) is 45.3 Å². The van der Waals surface area contributed by atoms with Gasteiger partial charge in [-0.2, -0.15) is 13.2 Å². The van der Waals surface area contributed by atoms with Gasteiger partial charge in [0.05, 0.1) is 12.7 Å². The predicted molar refractivity (Wildman–Crippen MR) is 155 cm³/mol. The molecule has 0 spiro atoms. The van der Waals surface area contributed by atoms with Crippen molar-refractivity contribution in [1.29, 1.82) is 0 Å². The van der Waals surface area contributed by atoms with Crippen molar-refractivity contribution in [1.82, 2.24) is 5.32 Å². The number of rotatable bonds is 8. The molecule has 3 aromatic rings. The maximum atomic E-state index is 13.3. The molecule has 7 nitrogen and oxygen atoms in total. The largest absolute Gasteiger partial charge is 0.467 e. The van der Waals surface area contributed by atoms with E-state index in [0.717, 1.165) is 49.3 Å². The Balaban J connectivity index is 1.36. The smallest absolute Gasteiger partial charge is 0.416 e. The van der Waals surface area contributed by atoms with Gasteiger partial charge in [0, 0.05) is 36.4 Å². The number of amides is 2. The molecule has 1 heterocycles.